The lowest BCUT2D eigenvalue weighted by molar-refractivity contribution is 0.0210. The van der Waals surface area contributed by atoms with Gasteiger partial charge in [-0.2, -0.15) is 0 Å². The number of anilines is 1. The Morgan fingerprint density at radius 1 is 1.27 bits per heavy atom. The molecule has 0 radical (unpaired) electrons. The molecule has 0 aliphatic carbocycles. The Kier molecular flexibility index (Phi) is 5.16. The van der Waals surface area contributed by atoms with Gasteiger partial charge in [0.05, 0.1) is 7.11 Å². The van der Waals surface area contributed by atoms with Crippen LogP contribution in [0.15, 0.2) is 24.3 Å². The van der Waals surface area contributed by atoms with E-state index in [2.05, 4.69) is 5.32 Å². The number of benzene rings is 1. The summed E-state index contributed by atoms with van der Waals surface area (Å²) >= 11 is 0. The van der Waals surface area contributed by atoms with Gasteiger partial charge in [-0.25, -0.2) is 4.79 Å². The van der Waals surface area contributed by atoms with Gasteiger partial charge in [0, 0.05) is 30.9 Å². The number of piperidine rings is 1. The Morgan fingerprint density at radius 3 is 2.55 bits per heavy atom. The van der Waals surface area contributed by atoms with Gasteiger partial charge < -0.3 is 19.7 Å². The smallest absolute Gasteiger partial charge is 0.410 e. The highest BCUT2D eigenvalue weighted by molar-refractivity contribution is 5.68. The van der Waals surface area contributed by atoms with Gasteiger partial charge in [-0.3, -0.25) is 0 Å². The van der Waals surface area contributed by atoms with Gasteiger partial charge in [0.2, 0.25) is 0 Å². The molecule has 0 aromatic heterocycles. The zero-order valence-electron chi connectivity index (χ0n) is 13.9. The summed E-state index contributed by atoms with van der Waals surface area (Å²) in [6, 6.07) is 8.28. The molecule has 5 heteroatoms. The largest absolute Gasteiger partial charge is 0.497 e. The molecule has 1 aliphatic rings. The van der Waals surface area contributed by atoms with Gasteiger partial charge in [-0.05, 0) is 45.7 Å². The van der Waals surface area contributed by atoms with Crippen LogP contribution in [0.2, 0.25) is 0 Å². The van der Waals surface area contributed by atoms with Crippen molar-refractivity contribution in [2.24, 2.45) is 0 Å². The summed E-state index contributed by atoms with van der Waals surface area (Å²) in [5, 5.41) is 3.50. The van der Waals surface area contributed by atoms with Gasteiger partial charge >= 0.3 is 6.09 Å². The van der Waals surface area contributed by atoms with Gasteiger partial charge in [0.15, 0.2) is 0 Å². The summed E-state index contributed by atoms with van der Waals surface area (Å²) < 4.78 is 10.6. The molecular formula is C17H26N2O3. The number of carbonyl (C=O) groups excluding carboxylic acids is 1. The van der Waals surface area contributed by atoms with Crippen LogP contribution >= 0.6 is 0 Å². The molecule has 1 N–H and O–H groups in total. The number of likely N-dealkylation sites (tertiary alicyclic amines) is 1. The second kappa shape index (κ2) is 6.90. The highest BCUT2D eigenvalue weighted by Crippen LogP contribution is 2.21. The van der Waals surface area contributed by atoms with E-state index in [9.17, 15) is 4.79 Å². The minimum Gasteiger partial charge on any atom is -0.497 e. The average Bonchev–Trinajstić information content (AvgIpc) is 2.46. The first-order valence-corrected chi connectivity index (χ1v) is 7.76. The first-order chi connectivity index (χ1) is 10.4. The van der Waals surface area contributed by atoms with Crippen molar-refractivity contribution in [1.82, 2.24) is 4.90 Å². The maximum absolute atomic E-state index is 12.0. The van der Waals surface area contributed by atoms with E-state index < -0.39 is 5.60 Å². The third kappa shape index (κ3) is 4.83. The second-order valence-electron chi connectivity index (χ2n) is 6.62. The average molecular weight is 306 g/mol. The van der Waals surface area contributed by atoms with Gasteiger partial charge in [0.1, 0.15) is 11.4 Å². The van der Waals surface area contributed by atoms with Crippen molar-refractivity contribution in [3.8, 4) is 5.75 Å². The summed E-state index contributed by atoms with van der Waals surface area (Å²) in [6.45, 7) is 7.11. The molecule has 0 bridgehead atoms. The normalized spacial score (nSPS) is 16.3. The molecule has 1 fully saturated rings. The molecule has 122 valence electrons. The van der Waals surface area contributed by atoms with E-state index in [1.165, 1.54) is 0 Å². The molecule has 0 spiro atoms. The fraction of sp³-hybridized carbons (Fsp3) is 0.588. The molecule has 0 unspecified atom stereocenters. The predicted octanol–water partition coefficient (Wildman–Crippen LogP) is 3.51. The van der Waals surface area contributed by atoms with Crippen molar-refractivity contribution in [3.63, 3.8) is 0 Å². The highest BCUT2D eigenvalue weighted by atomic mass is 16.6. The summed E-state index contributed by atoms with van der Waals surface area (Å²) in [5.41, 5.74) is 0.613. The van der Waals surface area contributed by atoms with Crippen molar-refractivity contribution in [3.05, 3.63) is 24.3 Å². The summed E-state index contributed by atoms with van der Waals surface area (Å²) in [4.78, 5) is 13.8. The maximum atomic E-state index is 12.0. The zero-order valence-corrected chi connectivity index (χ0v) is 13.9. The molecule has 22 heavy (non-hydrogen) atoms. The molecule has 2 rings (SSSR count). The van der Waals surface area contributed by atoms with E-state index in [1.54, 1.807) is 12.0 Å². The first-order valence-electron chi connectivity index (χ1n) is 7.76. The molecule has 1 amide bonds. The Balaban J connectivity index is 1.83. The Morgan fingerprint density at radius 2 is 1.95 bits per heavy atom. The Labute approximate surface area is 132 Å². The number of methoxy groups -OCH3 is 1. The van der Waals surface area contributed by atoms with Crippen LogP contribution in [0.25, 0.3) is 0 Å². The van der Waals surface area contributed by atoms with Gasteiger partial charge in [0.25, 0.3) is 0 Å². The SMILES string of the molecule is COc1cccc(NC2CCN(C(=O)OC(C)(C)C)CC2)c1. The number of amides is 1. The van der Waals surface area contributed by atoms with Crippen molar-refractivity contribution in [1.29, 1.82) is 0 Å². The standard InChI is InChI=1S/C17H26N2O3/c1-17(2,3)22-16(20)19-10-8-13(9-11-19)18-14-6-5-7-15(12-14)21-4/h5-7,12-13,18H,8-11H2,1-4H3. The molecule has 1 aromatic rings. The van der Waals surface area contributed by atoms with Crippen molar-refractivity contribution in [2.75, 3.05) is 25.5 Å². The van der Waals surface area contributed by atoms with E-state index in [-0.39, 0.29) is 6.09 Å². The minimum atomic E-state index is -0.438. The molecule has 1 saturated heterocycles. The number of hydrogen-bond acceptors (Lipinski definition) is 4. The number of ether oxygens (including phenoxy) is 2. The minimum absolute atomic E-state index is 0.215. The van der Waals surface area contributed by atoms with Crippen LogP contribution < -0.4 is 10.1 Å². The van der Waals surface area contributed by atoms with E-state index in [1.807, 2.05) is 45.0 Å². The van der Waals surface area contributed by atoms with E-state index in [0.29, 0.717) is 6.04 Å². The highest BCUT2D eigenvalue weighted by Gasteiger charge is 2.26. The number of nitrogens with one attached hydrogen (secondary N) is 1. The van der Waals surface area contributed by atoms with Crippen molar-refractivity contribution in [2.45, 2.75) is 45.3 Å². The molecule has 0 atom stereocenters. The molecule has 1 heterocycles. The summed E-state index contributed by atoms with van der Waals surface area (Å²) in [7, 11) is 1.67. The molecule has 1 aliphatic heterocycles. The summed E-state index contributed by atoms with van der Waals surface area (Å²) in [5.74, 6) is 0.844. The van der Waals surface area contributed by atoms with Crippen LogP contribution in [-0.4, -0.2) is 42.8 Å². The second-order valence-corrected chi connectivity index (χ2v) is 6.62. The van der Waals surface area contributed by atoms with Crippen molar-refractivity contribution < 1.29 is 14.3 Å². The number of carbonyl (C=O) groups is 1. The topological polar surface area (TPSA) is 50.8 Å². The van der Waals surface area contributed by atoms with E-state index >= 15 is 0 Å². The number of hydrogen-bond donors (Lipinski definition) is 1. The summed E-state index contributed by atoms with van der Waals surface area (Å²) in [6.07, 6.45) is 1.61. The van der Waals surface area contributed by atoms with Crippen LogP contribution in [0.1, 0.15) is 33.6 Å². The van der Waals surface area contributed by atoms with Crippen LogP contribution in [0, 0.1) is 0 Å². The zero-order chi connectivity index (χ0) is 16.2. The number of nitrogens with zero attached hydrogens (tertiary/aromatic N) is 1. The lowest BCUT2D eigenvalue weighted by atomic mass is 10.0. The third-order valence-electron chi connectivity index (χ3n) is 3.59. The van der Waals surface area contributed by atoms with Crippen LogP contribution in [-0.2, 0) is 4.74 Å². The number of rotatable bonds is 3. The quantitative estimate of drug-likeness (QED) is 0.928. The third-order valence-corrected chi connectivity index (χ3v) is 3.59. The first kappa shape index (κ1) is 16.5. The van der Waals surface area contributed by atoms with Crippen LogP contribution in [0.5, 0.6) is 5.75 Å². The van der Waals surface area contributed by atoms with E-state index in [0.717, 1.165) is 37.4 Å². The fourth-order valence-electron chi connectivity index (χ4n) is 2.48. The molecule has 1 aromatic carbocycles. The molecule has 5 nitrogen and oxygen atoms in total. The molecule has 0 saturated carbocycles. The van der Waals surface area contributed by atoms with Gasteiger partial charge in [-0.15, -0.1) is 0 Å². The van der Waals surface area contributed by atoms with Crippen LogP contribution in [0.4, 0.5) is 10.5 Å². The van der Waals surface area contributed by atoms with Crippen LogP contribution in [0.3, 0.4) is 0 Å². The fourth-order valence-corrected chi connectivity index (χ4v) is 2.48. The lowest BCUT2D eigenvalue weighted by Crippen LogP contribution is -2.44. The predicted molar refractivity (Wildman–Crippen MR) is 87.4 cm³/mol. The van der Waals surface area contributed by atoms with Crippen molar-refractivity contribution >= 4 is 11.8 Å². The lowest BCUT2D eigenvalue weighted by Gasteiger charge is -2.34. The molecular weight excluding hydrogens is 280 g/mol. The van der Waals surface area contributed by atoms with Gasteiger partial charge in [-0.1, -0.05) is 6.07 Å². The Hall–Kier alpha value is -1.91. The monoisotopic (exact) mass is 306 g/mol. The van der Waals surface area contributed by atoms with E-state index in [4.69, 9.17) is 9.47 Å². The maximum Gasteiger partial charge on any atom is 0.410 e. The Bertz CT molecular complexity index is 503.